The minimum Gasteiger partial charge on any atom is -0.438 e. The van der Waals surface area contributed by atoms with Gasteiger partial charge in [-0.3, -0.25) is 14.7 Å². The molecule has 188 valence electrons. The predicted molar refractivity (Wildman–Crippen MR) is 127 cm³/mol. The van der Waals surface area contributed by atoms with Gasteiger partial charge in [0, 0.05) is 52.1 Å². The number of nitrogens with zero attached hydrogens (tertiary/aromatic N) is 4. The summed E-state index contributed by atoms with van der Waals surface area (Å²) in [5.41, 5.74) is 0.541. The van der Waals surface area contributed by atoms with E-state index >= 15 is 0 Å². The van der Waals surface area contributed by atoms with Gasteiger partial charge in [-0.2, -0.15) is 0 Å². The van der Waals surface area contributed by atoms with Crippen molar-refractivity contribution < 1.29 is 27.8 Å². The Morgan fingerprint density at radius 3 is 2.57 bits per heavy atom. The van der Waals surface area contributed by atoms with Crippen LogP contribution in [0.25, 0.3) is 0 Å². The number of aliphatic hydroxyl groups is 1. The average molecular weight is 493 g/mol. The summed E-state index contributed by atoms with van der Waals surface area (Å²) in [6.45, 7) is 2.14. The third kappa shape index (κ3) is 8.03. The number of halogens is 3. The highest BCUT2D eigenvalue weighted by molar-refractivity contribution is 5.94. The number of hydrogen-bond donors (Lipinski definition) is 2. The molecule has 2 aromatic rings. The maximum Gasteiger partial charge on any atom is 0.296 e. The van der Waals surface area contributed by atoms with Gasteiger partial charge in [0.2, 0.25) is 11.8 Å². The molecule has 1 amide bonds. The SMILES string of the molecule is CNC(=O)C(C)N1CCC(F)(F)C(C2=CC=[N+]=C2)C1.CO.Fc1ccc(Oc2cnccn2)cc1. The number of aromatic nitrogens is 2. The average Bonchev–Trinajstić information content (AvgIpc) is 3.41. The highest BCUT2D eigenvalue weighted by Crippen LogP contribution is 2.38. The van der Waals surface area contributed by atoms with Crippen LogP contribution in [0.15, 0.2) is 54.5 Å². The molecule has 2 aliphatic heterocycles. The summed E-state index contributed by atoms with van der Waals surface area (Å²) >= 11 is 0. The van der Waals surface area contributed by atoms with Crippen molar-refractivity contribution in [2.24, 2.45) is 5.92 Å². The van der Waals surface area contributed by atoms with Crippen LogP contribution in [0.4, 0.5) is 13.2 Å². The van der Waals surface area contributed by atoms with Crippen molar-refractivity contribution in [3.8, 4) is 11.6 Å². The smallest absolute Gasteiger partial charge is 0.296 e. The summed E-state index contributed by atoms with van der Waals surface area (Å²) in [5, 5.41) is 9.55. The quantitative estimate of drug-likeness (QED) is 0.621. The Morgan fingerprint density at radius 2 is 2.00 bits per heavy atom. The maximum atomic E-state index is 14.0. The Labute approximate surface area is 201 Å². The monoisotopic (exact) mass is 492 g/mol. The number of likely N-dealkylation sites (N-methyl/N-ethyl adjacent to an activating group) is 1. The first-order valence-electron chi connectivity index (χ1n) is 10.8. The van der Waals surface area contributed by atoms with E-state index in [0.29, 0.717) is 17.2 Å². The Hall–Kier alpha value is -3.53. The van der Waals surface area contributed by atoms with Gasteiger partial charge in [-0.15, -0.1) is 4.67 Å². The van der Waals surface area contributed by atoms with E-state index in [1.807, 2.05) is 0 Å². The van der Waals surface area contributed by atoms with Gasteiger partial charge in [0.15, 0.2) is 0 Å². The minimum atomic E-state index is -2.74. The van der Waals surface area contributed by atoms with Crippen molar-refractivity contribution in [1.29, 1.82) is 0 Å². The number of aliphatic hydroxyl groups excluding tert-OH is 1. The Balaban J connectivity index is 0.000000239. The van der Waals surface area contributed by atoms with Gasteiger partial charge >= 0.3 is 0 Å². The molecule has 1 aromatic carbocycles. The normalized spacial score (nSPS) is 18.8. The van der Waals surface area contributed by atoms with Crippen LogP contribution >= 0.6 is 0 Å². The maximum absolute atomic E-state index is 14.0. The lowest BCUT2D eigenvalue weighted by molar-refractivity contribution is -0.132. The van der Waals surface area contributed by atoms with Gasteiger partial charge in [-0.1, -0.05) is 0 Å². The number of allylic oxidation sites excluding steroid dienone is 1. The molecule has 1 saturated heterocycles. The zero-order valence-corrected chi connectivity index (χ0v) is 19.7. The molecule has 2 unspecified atom stereocenters. The molecule has 1 aromatic heterocycles. The molecule has 11 heteroatoms. The predicted octanol–water partition coefficient (Wildman–Crippen LogP) is 2.24. The molecule has 4 rings (SSSR count). The van der Waals surface area contributed by atoms with E-state index in [0.717, 1.165) is 7.11 Å². The molecule has 3 heterocycles. The number of piperidine rings is 1. The van der Waals surface area contributed by atoms with Crippen molar-refractivity contribution in [2.45, 2.75) is 25.3 Å². The van der Waals surface area contributed by atoms with E-state index in [1.165, 1.54) is 49.1 Å². The molecule has 0 spiro atoms. The standard InChI is InChI=1S/C13H17F2N3O.C10H7FN2O.CH4O/c1-9(12(19)16-2)18-6-4-13(14,15)11(8-18)10-3-5-17-7-10;11-8-1-3-9(4-2-8)14-10-7-12-5-6-13-10;1-2/h3,5,7,9,11H,4,6,8H2,1-2H3;1-7H;2H,1H3/p+1. The van der Waals surface area contributed by atoms with Crippen molar-refractivity contribution in [3.63, 3.8) is 0 Å². The number of carbonyl (C=O) groups excluding carboxylic acids is 1. The molecule has 8 nitrogen and oxygen atoms in total. The zero-order chi connectivity index (χ0) is 25.8. The second kappa shape index (κ2) is 13.4. The number of rotatable bonds is 5. The Kier molecular flexibility index (Phi) is 10.6. The molecular formula is C24H29F3N5O3+. The van der Waals surface area contributed by atoms with Crippen LogP contribution < -0.4 is 14.7 Å². The Bertz CT molecular complexity index is 1040. The first kappa shape index (κ1) is 27.7. The molecule has 2 aliphatic rings. The number of amides is 1. The third-order valence-electron chi connectivity index (χ3n) is 5.39. The van der Waals surface area contributed by atoms with E-state index in [9.17, 15) is 18.0 Å². The number of alkyl halides is 2. The fraction of sp³-hybridized carbons (Fsp3) is 0.375. The van der Waals surface area contributed by atoms with Gasteiger partial charge < -0.3 is 15.2 Å². The van der Waals surface area contributed by atoms with Crippen LogP contribution in [0.2, 0.25) is 0 Å². The summed E-state index contributed by atoms with van der Waals surface area (Å²) in [5.74, 6) is -3.16. The second-order valence-corrected chi connectivity index (χ2v) is 7.54. The highest BCUT2D eigenvalue weighted by Gasteiger charge is 2.48. The molecule has 2 atom stereocenters. The van der Waals surface area contributed by atoms with Crippen LogP contribution in [0.5, 0.6) is 11.6 Å². The van der Waals surface area contributed by atoms with Gasteiger partial charge in [-0.25, -0.2) is 18.2 Å². The van der Waals surface area contributed by atoms with Crippen LogP contribution in [0.1, 0.15) is 13.3 Å². The number of ether oxygens (including phenoxy) is 1. The topological polar surface area (TPSA) is 102 Å². The molecule has 0 saturated carbocycles. The lowest BCUT2D eigenvalue weighted by Crippen LogP contribution is -2.54. The zero-order valence-electron chi connectivity index (χ0n) is 19.7. The van der Waals surface area contributed by atoms with Crippen LogP contribution in [-0.2, 0) is 4.79 Å². The Morgan fingerprint density at radius 1 is 1.29 bits per heavy atom. The molecule has 2 N–H and O–H groups in total. The number of carbonyl (C=O) groups is 1. The van der Waals surface area contributed by atoms with Gasteiger partial charge in [0.05, 0.1) is 23.7 Å². The first-order chi connectivity index (χ1) is 16.8. The molecule has 1 fully saturated rings. The van der Waals surface area contributed by atoms with Crippen LogP contribution in [-0.4, -0.2) is 77.5 Å². The lowest BCUT2D eigenvalue weighted by atomic mass is 9.86. The summed E-state index contributed by atoms with van der Waals surface area (Å²) in [4.78, 5) is 21.2. The van der Waals surface area contributed by atoms with E-state index < -0.39 is 17.9 Å². The van der Waals surface area contributed by atoms with E-state index in [2.05, 4.69) is 20.0 Å². The number of hydrogen-bond acceptors (Lipinski definition) is 6. The van der Waals surface area contributed by atoms with Crippen LogP contribution in [0.3, 0.4) is 0 Å². The van der Waals surface area contributed by atoms with Gasteiger partial charge in [-0.05, 0) is 31.2 Å². The fourth-order valence-electron chi connectivity index (χ4n) is 3.47. The van der Waals surface area contributed by atoms with Gasteiger partial charge in [0.25, 0.3) is 18.4 Å². The highest BCUT2D eigenvalue weighted by atomic mass is 19.3. The second-order valence-electron chi connectivity index (χ2n) is 7.54. The van der Waals surface area contributed by atoms with Crippen LogP contribution in [0, 0.1) is 11.7 Å². The summed E-state index contributed by atoms with van der Waals surface area (Å²) in [6, 6.07) is 5.32. The van der Waals surface area contributed by atoms with Crippen molar-refractivity contribution in [3.05, 3.63) is 60.3 Å². The largest absolute Gasteiger partial charge is 0.438 e. The summed E-state index contributed by atoms with van der Waals surface area (Å²) in [6.07, 6.45) is 8.95. The molecule has 0 bridgehead atoms. The van der Waals surface area contributed by atoms with E-state index in [4.69, 9.17) is 9.84 Å². The van der Waals surface area contributed by atoms with Crippen molar-refractivity contribution in [2.75, 3.05) is 27.2 Å². The number of likely N-dealkylation sites (tertiary alicyclic amines) is 1. The summed E-state index contributed by atoms with van der Waals surface area (Å²) < 4.78 is 49.7. The van der Waals surface area contributed by atoms with Crippen molar-refractivity contribution in [1.82, 2.24) is 24.9 Å². The fourth-order valence-corrected chi connectivity index (χ4v) is 3.47. The summed E-state index contributed by atoms with van der Waals surface area (Å²) in [7, 11) is 2.55. The third-order valence-corrected chi connectivity index (χ3v) is 5.39. The molecule has 0 aliphatic carbocycles. The van der Waals surface area contributed by atoms with E-state index in [1.54, 1.807) is 31.1 Å². The number of nitrogens with one attached hydrogen (secondary N) is 1. The molecule has 35 heavy (non-hydrogen) atoms. The first-order valence-corrected chi connectivity index (χ1v) is 10.8. The van der Waals surface area contributed by atoms with Crippen molar-refractivity contribution >= 4 is 18.3 Å². The van der Waals surface area contributed by atoms with E-state index in [-0.39, 0.29) is 31.2 Å². The molecule has 0 radical (unpaired) electrons. The molecular weight excluding hydrogens is 463 g/mol. The number of benzene rings is 1. The lowest BCUT2D eigenvalue weighted by Gasteiger charge is -2.40. The van der Waals surface area contributed by atoms with Gasteiger partial charge in [0.1, 0.15) is 11.6 Å². The minimum absolute atomic E-state index is 0.149.